The van der Waals surface area contributed by atoms with Crippen LogP contribution in [0.4, 0.5) is 0 Å². The maximum atomic E-state index is 11.9. The van der Waals surface area contributed by atoms with E-state index in [2.05, 4.69) is 30.4 Å². The molecule has 3 heteroatoms. The zero-order valence-electron chi connectivity index (χ0n) is 11.3. The average Bonchev–Trinajstić information content (AvgIpc) is 3.13. The van der Waals surface area contributed by atoms with Gasteiger partial charge in [-0.3, -0.25) is 4.79 Å². The van der Waals surface area contributed by atoms with Gasteiger partial charge >= 0.3 is 0 Å². The highest BCUT2D eigenvalue weighted by Crippen LogP contribution is 2.27. The van der Waals surface area contributed by atoms with Gasteiger partial charge in [0.15, 0.2) is 0 Å². The van der Waals surface area contributed by atoms with E-state index < -0.39 is 0 Å². The second-order valence-corrected chi connectivity index (χ2v) is 5.31. The van der Waals surface area contributed by atoms with Crippen LogP contribution in [0.25, 0.3) is 0 Å². The molecular weight excluding hydrogens is 224 g/mol. The van der Waals surface area contributed by atoms with Gasteiger partial charge in [0.2, 0.25) is 5.91 Å². The van der Waals surface area contributed by atoms with Gasteiger partial charge in [0, 0.05) is 13.6 Å². The van der Waals surface area contributed by atoms with Crippen molar-refractivity contribution in [1.82, 2.24) is 10.2 Å². The molecule has 1 fully saturated rings. The summed E-state index contributed by atoms with van der Waals surface area (Å²) in [6.45, 7) is 4.21. The molecule has 0 radical (unpaired) electrons. The van der Waals surface area contributed by atoms with E-state index in [0.717, 1.165) is 12.5 Å². The number of amides is 1. The largest absolute Gasteiger partial charge is 0.340 e. The fourth-order valence-electron chi connectivity index (χ4n) is 2.01. The summed E-state index contributed by atoms with van der Waals surface area (Å²) in [6, 6.07) is 8.30. The standard InChI is InChI=1S/C15H22N2O/c1-12-4-3-5-14(8-12)11-17(2)15(18)10-16-9-13-6-7-13/h3-5,8,13,16H,6-7,9-11H2,1-2H3. The Kier molecular flexibility index (Phi) is 4.37. The van der Waals surface area contributed by atoms with Crippen LogP contribution in [0, 0.1) is 12.8 Å². The minimum atomic E-state index is 0.164. The number of carbonyl (C=O) groups is 1. The van der Waals surface area contributed by atoms with E-state index in [0.29, 0.717) is 13.1 Å². The molecule has 0 bridgehead atoms. The molecule has 0 atom stereocenters. The number of hydrogen-bond donors (Lipinski definition) is 1. The molecule has 0 spiro atoms. The highest BCUT2D eigenvalue weighted by atomic mass is 16.2. The van der Waals surface area contributed by atoms with Crippen molar-refractivity contribution in [1.29, 1.82) is 0 Å². The molecule has 0 saturated heterocycles. The molecule has 0 aliphatic heterocycles. The Balaban J connectivity index is 1.75. The van der Waals surface area contributed by atoms with Crippen molar-refractivity contribution in [3.05, 3.63) is 35.4 Å². The Morgan fingerprint density at radius 1 is 1.44 bits per heavy atom. The first-order valence-electron chi connectivity index (χ1n) is 6.65. The number of aryl methyl sites for hydroxylation is 1. The van der Waals surface area contributed by atoms with Gasteiger partial charge in [-0.15, -0.1) is 0 Å². The van der Waals surface area contributed by atoms with Crippen molar-refractivity contribution >= 4 is 5.91 Å². The molecule has 1 amide bonds. The van der Waals surface area contributed by atoms with Gasteiger partial charge in [-0.25, -0.2) is 0 Å². The Bertz CT molecular complexity index is 413. The summed E-state index contributed by atoms with van der Waals surface area (Å²) in [5.74, 6) is 0.983. The van der Waals surface area contributed by atoms with Crippen LogP contribution in [-0.2, 0) is 11.3 Å². The smallest absolute Gasteiger partial charge is 0.236 e. The minimum absolute atomic E-state index is 0.164. The number of benzene rings is 1. The Labute approximate surface area is 109 Å². The third-order valence-corrected chi connectivity index (χ3v) is 3.33. The molecule has 18 heavy (non-hydrogen) atoms. The summed E-state index contributed by atoms with van der Waals surface area (Å²) >= 11 is 0. The van der Waals surface area contributed by atoms with Crippen molar-refractivity contribution in [2.75, 3.05) is 20.1 Å². The molecule has 1 saturated carbocycles. The van der Waals surface area contributed by atoms with Crippen LogP contribution in [0.3, 0.4) is 0 Å². The Morgan fingerprint density at radius 2 is 2.22 bits per heavy atom. The van der Waals surface area contributed by atoms with Crippen LogP contribution in [0.5, 0.6) is 0 Å². The van der Waals surface area contributed by atoms with Gasteiger partial charge in [0.25, 0.3) is 0 Å². The summed E-state index contributed by atoms with van der Waals surface area (Å²) < 4.78 is 0. The van der Waals surface area contributed by atoms with E-state index in [9.17, 15) is 4.79 Å². The zero-order chi connectivity index (χ0) is 13.0. The molecule has 2 rings (SSSR count). The number of likely N-dealkylation sites (N-methyl/N-ethyl adjacent to an activating group) is 1. The maximum absolute atomic E-state index is 11.9. The van der Waals surface area contributed by atoms with E-state index in [1.165, 1.54) is 24.0 Å². The Morgan fingerprint density at radius 3 is 2.89 bits per heavy atom. The van der Waals surface area contributed by atoms with Crippen LogP contribution < -0.4 is 5.32 Å². The molecule has 3 nitrogen and oxygen atoms in total. The van der Waals surface area contributed by atoms with Crippen LogP contribution >= 0.6 is 0 Å². The summed E-state index contributed by atoms with van der Waals surface area (Å²) in [4.78, 5) is 13.7. The summed E-state index contributed by atoms with van der Waals surface area (Å²) in [7, 11) is 1.86. The number of rotatable bonds is 6. The molecule has 0 aromatic heterocycles. The van der Waals surface area contributed by atoms with Crippen LogP contribution in [-0.4, -0.2) is 30.9 Å². The predicted molar refractivity (Wildman–Crippen MR) is 73.2 cm³/mol. The monoisotopic (exact) mass is 246 g/mol. The SMILES string of the molecule is Cc1cccc(CN(C)C(=O)CNCC2CC2)c1. The second-order valence-electron chi connectivity index (χ2n) is 5.31. The highest BCUT2D eigenvalue weighted by Gasteiger charge is 2.20. The molecule has 1 aliphatic carbocycles. The highest BCUT2D eigenvalue weighted by molar-refractivity contribution is 5.77. The van der Waals surface area contributed by atoms with Gasteiger partial charge < -0.3 is 10.2 Å². The quantitative estimate of drug-likeness (QED) is 0.832. The Hall–Kier alpha value is -1.35. The van der Waals surface area contributed by atoms with Gasteiger partial charge in [0.1, 0.15) is 0 Å². The van der Waals surface area contributed by atoms with Gasteiger partial charge in [-0.2, -0.15) is 0 Å². The van der Waals surface area contributed by atoms with Crippen LogP contribution in [0.1, 0.15) is 24.0 Å². The number of hydrogen-bond acceptors (Lipinski definition) is 2. The average molecular weight is 246 g/mol. The lowest BCUT2D eigenvalue weighted by molar-refractivity contribution is -0.129. The van der Waals surface area contributed by atoms with Gasteiger partial charge in [-0.1, -0.05) is 29.8 Å². The molecule has 1 aromatic rings. The van der Waals surface area contributed by atoms with Crippen LogP contribution in [0.2, 0.25) is 0 Å². The van der Waals surface area contributed by atoms with Gasteiger partial charge in [-0.05, 0) is 37.8 Å². The molecule has 1 N–H and O–H groups in total. The first-order valence-corrected chi connectivity index (χ1v) is 6.65. The van der Waals surface area contributed by atoms with E-state index >= 15 is 0 Å². The second kappa shape index (κ2) is 6.01. The predicted octanol–water partition coefficient (Wildman–Crippen LogP) is 1.95. The molecule has 98 valence electrons. The van der Waals surface area contributed by atoms with Crippen molar-refractivity contribution in [2.45, 2.75) is 26.3 Å². The lowest BCUT2D eigenvalue weighted by Crippen LogP contribution is -2.35. The summed E-state index contributed by atoms with van der Waals surface area (Å²) in [5.41, 5.74) is 2.42. The lowest BCUT2D eigenvalue weighted by Gasteiger charge is -2.18. The first-order chi connectivity index (χ1) is 8.65. The van der Waals surface area contributed by atoms with Crippen molar-refractivity contribution < 1.29 is 4.79 Å². The number of nitrogens with zero attached hydrogens (tertiary/aromatic N) is 1. The molecule has 1 aliphatic rings. The minimum Gasteiger partial charge on any atom is -0.340 e. The van der Waals surface area contributed by atoms with E-state index in [1.807, 2.05) is 13.1 Å². The van der Waals surface area contributed by atoms with Crippen LogP contribution in [0.15, 0.2) is 24.3 Å². The molecule has 0 heterocycles. The molecule has 0 unspecified atom stereocenters. The third-order valence-electron chi connectivity index (χ3n) is 3.33. The summed E-state index contributed by atoms with van der Waals surface area (Å²) in [6.07, 6.45) is 2.64. The lowest BCUT2D eigenvalue weighted by atomic mass is 10.1. The molecule has 1 aromatic carbocycles. The van der Waals surface area contributed by atoms with E-state index in [4.69, 9.17) is 0 Å². The van der Waals surface area contributed by atoms with Crippen molar-refractivity contribution in [3.63, 3.8) is 0 Å². The first kappa shape index (κ1) is 13.1. The maximum Gasteiger partial charge on any atom is 0.236 e. The van der Waals surface area contributed by atoms with Gasteiger partial charge in [0.05, 0.1) is 6.54 Å². The topological polar surface area (TPSA) is 32.3 Å². The summed E-state index contributed by atoms with van der Waals surface area (Å²) in [5, 5.41) is 3.23. The number of carbonyl (C=O) groups excluding carboxylic acids is 1. The van der Waals surface area contributed by atoms with Crippen molar-refractivity contribution in [3.8, 4) is 0 Å². The third kappa shape index (κ3) is 4.15. The molecular formula is C15H22N2O. The fourth-order valence-corrected chi connectivity index (χ4v) is 2.01. The van der Waals surface area contributed by atoms with E-state index in [-0.39, 0.29) is 5.91 Å². The van der Waals surface area contributed by atoms with E-state index in [1.54, 1.807) is 4.90 Å². The normalized spacial score (nSPS) is 14.6. The fraction of sp³-hybridized carbons (Fsp3) is 0.533. The zero-order valence-corrected chi connectivity index (χ0v) is 11.3. The number of nitrogens with one attached hydrogen (secondary N) is 1. The van der Waals surface area contributed by atoms with Crippen molar-refractivity contribution in [2.24, 2.45) is 5.92 Å².